The SMILES string of the molecule is Cn1cc(-c2ccnc(C3(N)C=CC(N)=C([N+](=O)[O-])C3)n2)c2ccccc21. The zero-order valence-electron chi connectivity index (χ0n) is 14.7. The molecule has 2 heterocycles. The second kappa shape index (κ2) is 6.03. The molecule has 1 aliphatic carbocycles. The summed E-state index contributed by atoms with van der Waals surface area (Å²) in [6.07, 6.45) is 6.63. The van der Waals surface area contributed by atoms with Gasteiger partial charge in [0.2, 0.25) is 0 Å². The van der Waals surface area contributed by atoms with Crippen molar-refractivity contribution in [3.8, 4) is 11.3 Å². The molecule has 0 fully saturated rings. The molecule has 1 unspecified atom stereocenters. The van der Waals surface area contributed by atoms with Gasteiger partial charge in [-0.15, -0.1) is 0 Å². The van der Waals surface area contributed by atoms with Crippen molar-refractivity contribution in [3.05, 3.63) is 82.2 Å². The number of fused-ring (bicyclic) bond motifs is 1. The zero-order chi connectivity index (χ0) is 19.2. The second-order valence-electron chi connectivity index (χ2n) is 6.65. The molecule has 27 heavy (non-hydrogen) atoms. The Morgan fingerprint density at radius 1 is 1.30 bits per heavy atom. The van der Waals surface area contributed by atoms with Crippen LogP contribution in [-0.4, -0.2) is 19.5 Å². The molecule has 8 heteroatoms. The first kappa shape index (κ1) is 16.9. The van der Waals surface area contributed by atoms with Gasteiger partial charge in [-0.05, 0) is 18.2 Å². The summed E-state index contributed by atoms with van der Waals surface area (Å²) in [5.41, 5.74) is 13.7. The molecule has 136 valence electrons. The van der Waals surface area contributed by atoms with Gasteiger partial charge in [-0.2, -0.15) is 0 Å². The fourth-order valence-electron chi connectivity index (χ4n) is 3.38. The molecule has 4 rings (SSSR count). The van der Waals surface area contributed by atoms with Gasteiger partial charge in [0.1, 0.15) is 11.2 Å². The Morgan fingerprint density at radius 2 is 2.07 bits per heavy atom. The van der Waals surface area contributed by atoms with E-state index in [2.05, 4.69) is 9.97 Å². The Balaban J connectivity index is 1.80. The molecule has 4 N–H and O–H groups in total. The Kier molecular flexibility index (Phi) is 3.78. The van der Waals surface area contributed by atoms with Crippen molar-refractivity contribution >= 4 is 10.9 Å². The molecule has 2 aromatic heterocycles. The van der Waals surface area contributed by atoms with Gasteiger partial charge in [0, 0.05) is 35.9 Å². The molecule has 1 aliphatic rings. The molecular formula is C19H18N6O2. The van der Waals surface area contributed by atoms with Crippen molar-refractivity contribution < 1.29 is 4.92 Å². The van der Waals surface area contributed by atoms with Crippen molar-refractivity contribution in [1.82, 2.24) is 14.5 Å². The van der Waals surface area contributed by atoms with Crippen LogP contribution in [0.3, 0.4) is 0 Å². The van der Waals surface area contributed by atoms with Crippen LogP contribution in [0.1, 0.15) is 12.2 Å². The van der Waals surface area contributed by atoms with Crippen LogP contribution in [0, 0.1) is 10.1 Å². The average Bonchev–Trinajstić information content (AvgIpc) is 3.01. The average molecular weight is 362 g/mol. The number of hydrogen-bond acceptors (Lipinski definition) is 6. The maximum atomic E-state index is 11.3. The number of nitro groups is 1. The van der Waals surface area contributed by atoms with Gasteiger partial charge in [0.25, 0.3) is 5.70 Å². The number of hydrogen-bond donors (Lipinski definition) is 2. The summed E-state index contributed by atoms with van der Waals surface area (Å²) in [6, 6.07) is 9.82. The molecule has 3 aromatic rings. The highest BCUT2D eigenvalue weighted by Crippen LogP contribution is 2.33. The summed E-state index contributed by atoms with van der Waals surface area (Å²) in [7, 11) is 1.97. The molecule has 0 aliphatic heterocycles. The predicted molar refractivity (Wildman–Crippen MR) is 102 cm³/mol. The van der Waals surface area contributed by atoms with Gasteiger partial charge in [-0.1, -0.05) is 24.3 Å². The molecule has 1 atom stereocenters. The fourth-order valence-corrected chi connectivity index (χ4v) is 3.38. The van der Waals surface area contributed by atoms with Crippen molar-refractivity contribution in [3.63, 3.8) is 0 Å². The van der Waals surface area contributed by atoms with Crippen LogP contribution in [0.5, 0.6) is 0 Å². The van der Waals surface area contributed by atoms with E-state index in [0.717, 1.165) is 16.5 Å². The van der Waals surface area contributed by atoms with Gasteiger partial charge in [-0.3, -0.25) is 10.1 Å². The van der Waals surface area contributed by atoms with E-state index in [9.17, 15) is 10.1 Å². The van der Waals surface area contributed by atoms with E-state index in [0.29, 0.717) is 11.5 Å². The highest BCUT2D eigenvalue weighted by Gasteiger charge is 2.37. The lowest BCUT2D eigenvalue weighted by atomic mass is 9.88. The third-order valence-electron chi connectivity index (χ3n) is 4.82. The lowest BCUT2D eigenvalue weighted by Gasteiger charge is -2.26. The third-order valence-corrected chi connectivity index (χ3v) is 4.82. The van der Waals surface area contributed by atoms with Crippen molar-refractivity contribution in [1.29, 1.82) is 0 Å². The molecular weight excluding hydrogens is 344 g/mol. The van der Waals surface area contributed by atoms with Crippen LogP contribution in [-0.2, 0) is 12.6 Å². The number of para-hydroxylation sites is 1. The summed E-state index contributed by atoms with van der Waals surface area (Å²) in [5, 5.41) is 12.3. The molecule has 0 saturated heterocycles. The topological polar surface area (TPSA) is 126 Å². The number of aromatic nitrogens is 3. The lowest BCUT2D eigenvalue weighted by molar-refractivity contribution is -0.430. The Hall–Kier alpha value is -3.52. The monoisotopic (exact) mass is 362 g/mol. The number of aryl methyl sites for hydroxylation is 1. The summed E-state index contributed by atoms with van der Waals surface area (Å²) < 4.78 is 2.03. The van der Waals surface area contributed by atoms with E-state index in [1.54, 1.807) is 18.3 Å². The van der Waals surface area contributed by atoms with Crippen LogP contribution in [0.25, 0.3) is 22.2 Å². The van der Waals surface area contributed by atoms with Crippen LogP contribution >= 0.6 is 0 Å². The minimum Gasteiger partial charge on any atom is -0.393 e. The van der Waals surface area contributed by atoms with E-state index < -0.39 is 10.5 Å². The van der Waals surface area contributed by atoms with E-state index in [1.807, 2.05) is 42.1 Å². The van der Waals surface area contributed by atoms with Gasteiger partial charge in [-0.25, -0.2) is 9.97 Å². The first-order chi connectivity index (χ1) is 12.9. The maximum absolute atomic E-state index is 11.3. The van der Waals surface area contributed by atoms with Crippen LogP contribution in [0.2, 0.25) is 0 Å². The zero-order valence-corrected chi connectivity index (χ0v) is 14.7. The smallest absolute Gasteiger partial charge is 0.271 e. The van der Waals surface area contributed by atoms with Crippen molar-refractivity contribution in [2.75, 3.05) is 0 Å². The first-order valence-corrected chi connectivity index (χ1v) is 8.38. The van der Waals surface area contributed by atoms with E-state index >= 15 is 0 Å². The molecule has 1 aromatic carbocycles. The number of allylic oxidation sites excluding steroid dienone is 1. The number of rotatable bonds is 3. The summed E-state index contributed by atoms with van der Waals surface area (Å²) in [6.45, 7) is 0. The highest BCUT2D eigenvalue weighted by molar-refractivity contribution is 5.95. The fraction of sp³-hybridized carbons (Fsp3) is 0.158. The van der Waals surface area contributed by atoms with E-state index in [-0.39, 0.29) is 17.8 Å². The van der Waals surface area contributed by atoms with Crippen molar-refractivity contribution in [2.24, 2.45) is 18.5 Å². The second-order valence-corrected chi connectivity index (χ2v) is 6.65. The largest absolute Gasteiger partial charge is 0.393 e. The summed E-state index contributed by atoms with van der Waals surface area (Å²) in [5.74, 6) is 0.316. The standard InChI is InChI=1S/C19H18N6O2/c1-24-11-13(12-4-2-3-5-16(12)24)15-7-9-22-18(23-15)19(21)8-6-14(20)17(10-19)25(26)27/h2-9,11H,10,20-21H2,1H3. The van der Waals surface area contributed by atoms with Gasteiger partial charge >= 0.3 is 0 Å². The van der Waals surface area contributed by atoms with Gasteiger partial charge in [0.15, 0.2) is 5.82 Å². The molecule has 0 saturated carbocycles. The third kappa shape index (κ3) is 2.76. The first-order valence-electron chi connectivity index (χ1n) is 8.38. The molecule has 0 bridgehead atoms. The van der Waals surface area contributed by atoms with Crippen LogP contribution in [0.4, 0.5) is 0 Å². The lowest BCUT2D eigenvalue weighted by Crippen LogP contribution is -2.40. The molecule has 0 amide bonds. The molecule has 0 radical (unpaired) electrons. The number of nitrogens with two attached hydrogens (primary N) is 2. The van der Waals surface area contributed by atoms with Gasteiger partial charge < -0.3 is 16.0 Å². The van der Waals surface area contributed by atoms with E-state index in [4.69, 9.17) is 11.5 Å². The minimum absolute atomic E-state index is 0.0681. The summed E-state index contributed by atoms with van der Waals surface area (Å²) in [4.78, 5) is 19.7. The van der Waals surface area contributed by atoms with Gasteiger partial charge in [0.05, 0.1) is 17.0 Å². The number of nitrogens with zero attached hydrogens (tertiary/aromatic N) is 4. The normalized spacial score (nSPS) is 19.6. The Bertz CT molecular complexity index is 1130. The maximum Gasteiger partial charge on any atom is 0.271 e. The Morgan fingerprint density at radius 3 is 2.85 bits per heavy atom. The van der Waals surface area contributed by atoms with Crippen molar-refractivity contribution in [2.45, 2.75) is 12.0 Å². The number of benzene rings is 1. The highest BCUT2D eigenvalue weighted by atomic mass is 16.6. The minimum atomic E-state index is -1.19. The summed E-state index contributed by atoms with van der Waals surface area (Å²) >= 11 is 0. The quantitative estimate of drug-likeness (QED) is 0.543. The van der Waals surface area contributed by atoms with Crippen LogP contribution < -0.4 is 11.5 Å². The van der Waals surface area contributed by atoms with Crippen LogP contribution in [0.15, 0.2) is 66.3 Å². The Labute approximate surface area is 155 Å². The predicted octanol–water partition coefficient (Wildman–Crippen LogP) is 2.20. The molecule has 0 spiro atoms. The van der Waals surface area contributed by atoms with E-state index in [1.165, 1.54) is 6.08 Å². The molecule has 8 nitrogen and oxygen atoms in total.